The average molecular weight is 347 g/mol. The lowest BCUT2D eigenvalue weighted by atomic mass is 9.83. The highest BCUT2D eigenvalue weighted by Gasteiger charge is 2.48. The number of nitrogens with one attached hydrogen (secondary N) is 1. The summed E-state index contributed by atoms with van der Waals surface area (Å²) < 4.78 is 6.06. The standard InChI is InChI=1S/C19H29N3O3/c1-14(2)16(23)21-15-11-19(25-12-15)7-9-22(10-8-19)17(24)18(13-20)5-3-4-6-18/h14-15H,3-12H2,1-2H3,(H,21,23). The number of hydrogen-bond donors (Lipinski definition) is 1. The van der Waals surface area contributed by atoms with Crippen molar-refractivity contribution in [2.24, 2.45) is 11.3 Å². The molecule has 2 amide bonds. The lowest BCUT2D eigenvalue weighted by Gasteiger charge is -2.40. The fraction of sp³-hybridized carbons (Fsp3) is 0.842. The van der Waals surface area contributed by atoms with Crippen LogP contribution in [0, 0.1) is 22.7 Å². The van der Waals surface area contributed by atoms with Crippen LogP contribution in [0.1, 0.15) is 58.8 Å². The lowest BCUT2D eigenvalue weighted by molar-refractivity contribution is -0.143. The molecule has 2 saturated heterocycles. The van der Waals surface area contributed by atoms with Crippen molar-refractivity contribution in [1.29, 1.82) is 5.26 Å². The van der Waals surface area contributed by atoms with E-state index in [0.29, 0.717) is 32.5 Å². The van der Waals surface area contributed by atoms with E-state index < -0.39 is 5.41 Å². The molecule has 1 N–H and O–H groups in total. The quantitative estimate of drug-likeness (QED) is 0.846. The second-order valence-corrected chi connectivity index (χ2v) is 8.25. The molecule has 0 aromatic rings. The summed E-state index contributed by atoms with van der Waals surface area (Å²) in [5, 5.41) is 12.6. The molecule has 3 rings (SSSR count). The lowest BCUT2D eigenvalue weighted by Crippen LogP contribution is -2.51. The number of nitriles is 1. The molecule has 1 saturated carbocycles. The Kier molecular flexibility index (Phi) is 5.06. The highest BCUT2D eigenvalue weighted by atomic mass is 16.5. The largest absolute Gasteiger partial charge is 0.373 e. The predicted octanol–water partition coefficient (Wildman–Crippen LogP) is 1.99. The number of hydrogen-bond acceptors (Lipinski definition) is 4. The highest BCUT2D eigenvalue weighted by molar-refractivity contribution is 5.86. The normalized spacial score (nSPS) is 27.4. The Labute approximate surface area is 149 Å². The van der Waals surface area contributed by atoms with Gasteiger partial charge in [0.15, 0.2) is 0 Å². The molecule has 6 nitrogen and oxygen atoms in total. The van der Waals surface area contributed by atoms with E-state index >= 15 is 0 Å². The zero-order valence-corrected chi connectivity index (χ0v) is 15.3. The summed E-state index contributed by atoms with van der Waals surface area (Å²) in [7, 11) is 0. The van der Waals surface area contributed by atoms with E-state index in [1.165, 1.54) is 0 Å². The van der Waals surface area contributed by atoms with Crippen LogP contribution in [0.2, 0.25) is 0 Å². The zero-order valence-electron chi connectivity index (χ0n) is 15.3. The zero-order chi connectivity index (χ0) is 18.1. The molecule has 3 aliphatic rings. The van der Waals surface area contributed by atoms with Crippen LogP contribution in [0.5, 0.6) is 0 Å². The number of nitrogens with zero attached hydrogens (tertiary/aromatic N) is 2. The van der Waals surface area contributed by atoms with Crippen molar-refractivity contribution in [3.05, 3.63) is 0 Å². The molecule has 138 valence electrons. The van der Waals surface area contributed by atoms with Crippen molar-refractivity contribution in [2.75, 3.05) is 19.7 Å². The van der Waals surface area contributed by atoms with Crippen LogP contribution in [0.3, 0.4) is 0 Å². The number of rotatable bonds is 3. The van der Waals surface area contributed by atoms with Gasteiger partial charge in [0.05, 0.1) is 24.3 Å². The van der Waals surface area contributed by atoms with Crippen molar-refractivity contribution in [3.63, 3.8) is 0 Å². The van der Waals surface area contributed by atoms with Gasteiger partial charge < -0.3 is 15.0 Å². The highest BCUT2D eigenvalue weighted by Crippen LogP contribution is 2.41. The minimum absolute atomic E-state index is 0.0185. The summed E-state index contributed by atoms with van der Waals surface area (Å²) in [6.45, 7) is 5.62. The van der Waals surface area contributed by atoms with Crippen LogP contribution in [0.25, 0.3) is 0 Å². The molecule has 1 spiro atoms. The van der Waals surface area contributed by atoms with Crippen LogP contribution < -0.4 is 5.32 Å². The van der Waals surface area contributed by atoms with E-state index in [1.807, 2.05) is 18.7 Å². The first kappa shape index (κ1) is 18.2. The van der Waals surface area contributed by atoms with Crippen LogP contribution in [-0.2, 0) is 14.3 Å². The Morgan fingerprint density at radius 1 is 1.20 bits per heavy atom. The van der Waals surface area contributed by atoms with Gasteiger partial charge in [-0.15, -0.1) is 0 Å². The monoisotopic (exact) mass is 347 g/mol. The Morgan fingerprint density at radius 2 is 1.84 bits per heavy atom. The van der Waals surface area contributed by atoms with E-state index in [1.54, 1.807) is 0 Å². The van der Waals surface area contributed by atoms with E-state index in [9.17, 15) is 14.9 Å². The van der Waals surface area contributed by atoms with Gasteiger partial charge in [-0.05, 0) is 32.1 Å². The first-order valence-corrected chi connectivity index (χ1v) is 9.55. The molecule has 1 aliphatic carbocycles. The second-order valence-electron chi connectivity index (χ2n) is 8.25. The summed E-state index contributed by atoms with van der Waals surface area (Å²) in [4.78, 5) is 26.6. The maximum Gasteiger partial charge on any atom is 0.243 e. The summed E-state index contributed by atoms with van der Waals surface area (Å²) in [5.41, 5.74) is -1.00. The third-order valence-electron chi connectivity index (χ3n) is 6.12. The van der Waals surface area contributed by atoms with Gasteiger partial charge in [0.2, 0.25) is 11.8 Å². The molecule has 1 unspecified atom stereocenters. The van der Waals surface area contributed by atoms with Crippen molar-refractivity contribution in [2.45, 2.75) is 70.4 Å². The summed E-state index contributed by atoms with van der Waals surface area (Å²) in [5.74, 6) is 0.0602. The summed E-state index contributed by atoms with van der Waals surface area (Å²) in [6.07, 6.45) is 5.72. The maximum atomic E-state index is 12.8. The summed E-state index contributed by atoms with van der Waals surface area (Å²) >= 11 is 0. The molecule has 0 radical (unpaired) electrons. The van der Waals surface area contributed by atoms with E-state index in [0.717, 1.165) is 32.1 Å². The third-order valence-corrected chi connectivity index (χ3v) is 6.12. The van der Waals surface area contributed by atoms with Crippen molar-refractivity contribution in [1.82, 2.24) is 10.2 Å². The molecule has 25 heavy (non-hydrogen) atoms. The minimum Gasteiger partial charge on any atom is -0.373 e. The van der Waals surface area contributed by atoms with Gasteiger partial charge in [0.1, 0.15) is 5.41 Å². The molecule has 6 heteroatoms. The van der Waals surface area contributed by atoms with Gasteiger partial charge in [-0.3, -0.25) is 9.59 Å². The van der Waals surface area contributed by atoms with Gasteiger partial charge in [-0.1, -0.05) is 26.7 Å². The van der Waals surface area contributed by atoms with Crippen molar-refractivity contribution < 1.29 is 14.3 Å². The molecular formula is C19H29N3O3. The summed E-state index contributed by atoms with van der Waals surface area (Å²) in [6, 6.07) is 2.37. The van der Waals surface area contributed by atoms with Gasteiger partial charge in [0, 0.05) is 19.0 Å². The average Bonchev–Trinajstić information content (AvgIpc) is 3.23. The molecule has 1 atom stereocenters. The Bertz CT molecular complexity index is 567. The number of piperidine rings is 1. The minimum atomic E-state index is -0.783. The van der Waals surface area contributed by atoms with E-state index in [4.69, 9.17) is 4.74 Å². The van der Waals surface area contributed by atoms with Crippen LogP contribution in [-0.4, -0.2) is 48.1 Å². The molecule has 0 aromatic carbocycles. The fourth-order valence-corrected chi connectivity index (χ4v) is 4.43. The number of carbonyl (C=O) groups excluding carboxylic acids is 2. The molecule has 3 fully saturated rings. The molecule has 2 aliphatic heterocycles. The molecular weight excluding hydrogens is 318 g/mol. The number of carbonyl (C=O) groups is 2. The first-order valence-electron chi connectivity index (χ1n) is 9.55. The topological polar surface area (TPSA) is 82.4 Å². The van der Waals surface area contributed by atoms with Crippen LogP contribution >= 0.6 is 0 Å². The first-order chi connectivity index (χ1) is 11.9. The maximum absolute atomic E-state index is 12.8. The fourth-order valence-electron chi connectivity index (χ4n) is 4.43. The van der Waals surface area contributed by atoms with Crippen LogP contribution in [0.4, 0.5) is 0 Å². The Balaban J connectivity index is 1.55. The number of amides is 2. The van der Waals surface area contributed by atoms with Gasteiger partial charge >= 0.3 is 0 Å². The van der Waals surface area contributed by atoms with E-state index in [-0.39, 0.29) is 29.4 Å². The smallest absolute Gasteiger partial charge is 0.243 e. The van der Waals surface area contributed by atoms with Gasteiger partial charge in [-0.2, -0.15) is 5.26 Å². The van der Waals surface area contributed by atoms with Gasteiger partial charge in [-0.25, -0.2) is 0 Å². The van der Waals surface area contributed by atoms with Crippen molar-refractivity contribution in [3.8, 4) is 6.07 Å². The second kappa shape index (κ2) is 6.95. The van der Waals surface area contributed by atoms with E-state index in [2.05, 4.69) is 11.4 Å². The van der Waals surface area contributed by atoms with Crippen molar-refractivity contribution >= 4 is 11.8 Å². The number of ether oxygens (including phenoxy) is 1. The third kappa shape index (κ3) is 3.52. The SMILES string of the molecule is CC(C)C(=O)NC1COC2(CCN(C(=O)C3(C#N)CCCC3)CC2)C1. The Morgan fingerprint density at radius 3 is 2.40 bits per heavy atom. The molecule has 0 aromatic heterocycles. The molecule has 2 heterocycles. The predicted molar refractivity (Wildman–Crippen MR) is 92.4 cm³/mol. The van der Waals surface area contributed by atoms with Crippen LogP contribution in [0.15, 0.2) is 0 Å². The number of likely N-dealkylation sites (tertiary alicyclic amines) is 1. The molecule has 0 bridgehead atoms. The van der Waals surface area contributed by atoms with Gasteiger partial charge in [0.25, 0.3) is 0 Å². The Hall–Kier alpha value is -1.61.